The molecule has 2 unspecified atom stereocenters. The van der Waals surface area contributed by atoms with E-state index in [1.54, 1.807) is 0 Å². The third-order valence-corrected chi connectivity index (χ3v) is 4.55. The zero-order valence-corrected chi connectivity index (χ0v) is 13.7. The molecule has 0 spiro atoms. The van der Waals surface area contributed by atoms with Crippen LogP contribution in [0.25, 0.3) is 0 Å². The number of ether oxygens (including phenoxy) is 2. The second kappa shape index (κ2) is 7.56. The summed E-state index contributed by atoms with van der Waals surface area (Å²) in [6, 6.07) is 0.970. The van der Waals surface area contributed by atoms with Crippen molar-refractivity contribution in [2.45, 2.75) is 64.1 Å². The summed E-state index contributed by atoms with van der Waals surface area (Å²) >= 11 is 0. The average Bonchev–Trinajstić information content (AvgIpc) is 3.29. The fourth-order valence-corrected chi connectivity index (χ4v) is 2.93. The molecule has 1 saturated heterocycles. The Bertz CT molecular complexity index is 346. The predicted molar refractivity (Wildman–Crippen MR) is 82.3 cm³/mol. The van der Waals surface area contributed by atoms with Crippen LogP contribution in [0.1, 0.15) is 46.5 Å². The summed E-state index contributed by atoms with van der Waals surface area (Å²) in [6.45, 7) is 9.97. The van der Waals surface area contributed by atoms with Gasteiger partial charge >= 0.3 is 5.97 Å². The van der Waals surface area contributed by atoms with E-state index in [1.165, 1.54) is 12.8 Å². The van der Waals surface area contributed by atoms with Gasteiger partial charge in [-0.2, -0.15) is 0 Å². The topological polar surface area (TPSA) is 50.8 Å². The molecule has 1 N–H and O–H groups in total. The van der Waals surface area contributed by atoms with Crippen molar-refractivity contribution in [1.29, 1.82) is 0 Å². The molecule has 2 rings (SSSR count). The van der Waals surface area contributed by atoms with Gasteiger partial charge in [-0.05, 0) is 39.5 Å². The molecule has 1 aliphatic carbocycles. The van der Waals surface area contributed by atoms with Gasteiger partial charge in [0.25, 0.3) is 0 Å². The highest BCUT2D eigenvalue weighted by atomic mass is 16.5. The van der Waals surface area contributed by atoms with E-state index in [0.717, 1.165) is 39.1 Å². The monoisotopic (exact) mass is 298 g/mol. The van der Waals surface area contributed by atoms with Crippen molar-refractivity contribution in [3.8, 4) is 0 Å². The van der Waals surface area contributed by atoms with Crippen LogP contribution < -0.4 is 5.32 Å². The van der Waals surface area contributed by atoms with Crippen LogP contribution in [-0.4, -0.2) is 61.4 Å². The summed E-state index contributed by atoms with van der Waals surface area (Å²) in [7, 11) is 0. The summed E-state index contributed by atoms with van der Waals surface area (Å²) < 4.78 is 10.8. The number of hydrogen-bond donors (Lipinski definition) is 1. The van der Waals surface area contributed by atoms with Gasteiger partial charge in [-0.25, -0.2) is 0 Å². The third-order valence-electron chi connectivity index (χ3n) is 4.55. The van der Waals surface area contributed by atoms with Gasteiger partial charge in [-0.15, -0.1) is 0 Å². The Labute approximate surface area is 128 Å². The first-order valence-electron chi connectivity index (χ1n) is 8.35. The first-order chi connectivity index (χ1) is 10.1. The molecule has 5 heteroatoms. The lowest BCUT2D eigenvalue weighted by Gasteiger charge is -2.37. The van der Waals surface area contributed by atoms with E-state index in [1.807, 2.05) is 13.8 Å². The molecule has 2 atom stereocenters. The number of rotatable bonds is 8. The van der Waals surface area contributed by atoms with E-state index >= 15 is 0 Å². The Balaban J connectivity index is 1.92. The molecular formula is C16H30N2O3. The van der Waals surface area contributed by atoms with Crippen LogP contribution in [0.4, 0.5) is 0 Å². The minimum atomic E-state index is -0.562. The summed E-state index contributed by atoms with van der Waals surface area (Å²) in [4.78, 5) is 14.8. The van der Waals surface area contributed by atoms with Crippen LogP contribution in [0.5, 0.6) is 0 Å². The Morgan fingerprint density at radius 3 is 2.81 bits per heavy atom. The summed E-state index contributed by atoms with van der Waals surface area (Å²) in [5, 5.41) is 3.49. The van der Waals surface area contributed by atoms with Crippen LogP contribution in [-0.2, 0) is 14.3 Å². The van der Waals surface area contributed by atoms with Crippen molar-refractivity contribution in [2.24, 2.45) is 0 Å². The summed E-state index contributed by atoms with van der Waals surface area (Å²) in [5.74, 6) is -0.113. The highest BCUT2D eigenvalue weighted by Crippen LogP contribution is 2.25. The quantitative estimate of drug-likeness (QED) is 0.689. The van der Waals surface area contributed by atoms with Crippen molar-refractivity contribution in [2.75, 3.05) is 32.9 Å². The highest BCUT2D eigenvalue weighted by molar-refractivity contribution is 5.80. The molecule has 0 bridgehead atoms. The molecule has 21 heavy (non-hydrogen) atoms. The zero-order chi connectivity index (χ0) is 15.3. The maximum Gasteiger partial charge on any atom is 0.326 e. The lowest BCUT2D eigenvalue weighted by Crippen LogP contribution is -2.55. The number of nitrogens with one attached hydrogen (secondary N) is 1. The second-order valence-corrected chi connectivity index (χ2v) is 6.39. The van der Waals surface area contributed by atoms with Gasteiger partial charge in [0, 0.05) is 25.2 Å². The minimum Gasteiger partial charge on any atom is -0.465 e. The molecule has 5 nitrogen and oxygen atoms in total. The fraction of sp³-hybridized carbons (Fsp3) is 0.938. The third kappa shape index (κ3) is 4.66. The smallest absolute Gasteiger partial charge is 0.326 e. The van der Waals surface area contributed by atoms with E-state index in [0.29, 0.717) is 18.7 Å². The number of carbonyl (C=O) groups is 1. The van der Waals surface area contributed by atoms with Crippen molar-refractivity contribution >= 4 is 5.97 Å². The molecule has 0 amide bonds. The van der Waals surface area contributed by atoms with Gasteiger partial charge in [0.05, 0.1) is 19.8 Å². The number of esters is 1. The number of morpholine rings is 1. The zero-order valence-electron chi connectivity index (χ0n) is 13.7. The van der Waals surface area contributed by atoms with Gasteiger partial charge in [-0.3, -0.25) is 15.0 Å². The SMILES string of the molecule is CCOC(=O)C(C)(CCN1CCOCC1CC)NC1CC1. The molecule has 2 fully saturated rings. The Morgan fingerprint density at radius 2 is 2.19 bits per heavy atom. The van der Waals surface area contributed by atoms with Gasteiger partial charge in [0.1, 0.15) is 5.54 Å². The lowest BCUT2D eigenvalue weighted by atomic mass is 9.96. The molecule has 2 aliphatic rings. The lowest BCUT2D eigenvalue weighted by molar-refractivity contribution is -0.151. The largest absolute Gasteiger partial charge is 0.465 e. The summed E-state index contributed by atoms with van der Waals surface area (Å²) in [5.41, 5.74) is -0.562. The number of nitrogens with zero attached hydrogens (tertiary/aromatic N) is 1. The van der Waals surface area contributed by atoms with E-state index < -0.39 is 5.54 Å². The second-order valence-electron chi connectivity index (χ2n) is 6.39. The standard InChI is InChI=1S/C16H30N2O3/c1-4-14-12-20-11-10-18(14)9-8-16(3,15(19)21-5-2)17-13-6-7-13/h13-14,17H,4-12H2,1-3H3. The Morgan fingerprint density at radius 1 is 1.43 bits per heavy atom. The van der Waals surface area contributed by atoms with Crippen LogP contribution in [0.2, 0.25) is 0 Å². The van der Waals surface area contributed by atoms with Gasteiger partial charge in [0.15, 0.2) is 0 Å². The van der Waals surface area contributed by atoms with Gasteiger partial charge < -0.3 is 9.47 Å². The maximum atomic E-state index is 12.3. The van der Waals surface area contributed by atoms with Crippen molar-refractivity contribution < 1.29 is 14.3 Å². The van der Waals surface area contributed by atoms with E-state index in [4.69, 9.17) is 9.47 Å². The molecule has 1 saturated carbocycles. The normalized spacial score (nSPS) is 26.3. The number of hydrogen-bond acceptors (Lipinski definition) is 5. The van der Waals surface area contributed by atoms with Crippen LogP contribution in [0.15, 0.2) is 0 Å². The number of carbonyl (C=O) groups excluding carboxylic acids is 1. The van der Waals surface area contributed by atoms with E-state index in [2.05, 4.69) is 17.1 Å². The molecule has 1 aliphatic heterocycles. The molecule has 0 radical (unpaired) electrons. The van der Waals surface area contributed by atoms with Gasteiger partial charge in [0.2, 0.25) is 0 Å². The van der Waals surface area contributed by atoms with E-state index in [9.17, 15) is 4.79 Å². The van der Waals surface area contributed by atoms with Crippen molar-refractivity contribution in [3.63, 3.8) is 0 Å². The molecule has 1 heterocycles. The highest BCUT2D eigenvalue weighted by Gasteiger charge is 2.40. The maximum absolute atomic E-state index is 12.3. The average molecular weight is 298 g/mol. The van der Waals surface area contributed by atoms with Gasteiger partial charge in [-0.1, -0.05) is 6.92 Å². The molecule has 122 valence electrons. The molecular weight excluding hydrogens is 268 g/mol. The Hall–Kier alpha value is -0.650. The summed E-state index contributed by atoms with van der Waals surface area (Å²) in [6.07, 6.45) is 4.22. The molecule has 0 aromatic carbocycles. The first-order valence-corrected chi connectivity index (χ1v) is 8.35. The van der Waals surface area contributed by atoms with Crippen LogP contribution in [0.3, 0.4) is 0 Å². The predicted octanol–water partition coefficient (Wildman–Crippen LogP) is 1.56. The Kier molecular flexibility index (Phi) is 6.02. The van der Waals surface area contributed by atoms with Crippen LogP contribution >= 0.6 is 0 Å². The first kappa shape index (κ1) is 16.7. The van der Waals surface area contributed by atoms with E-state index in [-0.39, 0.29) is 5.97 Å². The minimum absolute atomic E-state index is 0.113. The fourth-order valence-electron chi connectivity index (χ4n) is 2.93. The van der Waals surface area contributed by atoms with Crippen LogP contribution in [0, 0.1) is 0 Å². The molecule has 0 aromatic rings. The van der Waals surface area contributed by atoms with Crippen molar-refractivity contribution in [3.05, 3.63) is 0 Å². The molecule has 0 aromatic heterocycles. The van der Waals surface area contributed by atoms with Crippen molar-refractivity contribution in [1.82, 2.24) is 10.2 Å².